The van der Waals surface area contributed by atoms with E-state index >= 15 is 0 Å². The highest BCUT2D eigenvalue weighted by Crippen LogP contribution is 2.20. The lowest BCUT2D eigenvalue weighted by atomic mass is 10.1. The third-order valence-electron chi connectivity index (χ3n) is 2.39. The van der Waals surface area contributed by atoms with Crippen LogP contribution in [0.5, 0.6) is 5.75 Å². The Hall–Kier alpha value is -1.14. The van der Waals surface area contributed by atoms with Crippen LogP contribution in [0.15, 0.2) is 18.2 Å². The van der Waals surface area contributed by atoms with Crippen LogP contribution in [-0.4, -0.2) is 27.0 Å². The largest absolute Gasteiger partial charge is 0.493 e. The molecular weight excluding hydrogens is 257 g/mol. The highest BCUT2D eigenvalue weighted by Gasteiger charge is 2.08. The lowest BCUT2D eigenvalue weighted by Gasteiger charge is -2.10. The van der Waals surface area contributed by atoms with Gasteiger partial charge in [0, 0.05) is 23.9 Å². The van der Waals surface area contributed by atoms with Crippen LogP contribution in [0.3, 0.4) is 0 Å². The highest BCUT2D eigenvalue weighted by molar-refractivity contribution is 7.90. The SMILES string of the molecule is C[C@H](N)c1ccc(OCCCS(C)(=O)=O)cc1F. The van der Waals surface area contributed by atoms with Crippen LogP contribution in [0.25, 0.3) is 0 Å². The zero-order valence-electron chi connectivity index (χ0n) is 10.5. The van der Waals surface area contributed by atoms with E-state index in [2.05, 4.69) is 0 Å². The van der Waals surface area contributed by atoms with Gasteiger partial charge in [-0.05, 0) is 19.4 Å². The predicted octanol–water partition coefficient (Wildman–Crippen LogP) is 1.66. The first kappa shape index (κ1) is 14.9. The third-order valence-corrected chi connectivity index (χ3v) is 3.42. The van der Waals surface area contributed by atoms with Crippen molar-refractivity contribution in [1.82, 2.24) is 0 Å². The van der Waals surface area contributed by atoms with Gasteiger partial charge in [-0.1, -0.05) is 6.07 Å². The molecule has 0 aliphatic carbocycles. The van der Waals surface area contributed by atoms with Gasteiger partial charge >= 0.3 is 0 Å². The summed E-state index contributed by atoms with van der Waals surface area (Å²) in [5.41, 5.74) is 6.02. The Morgan fingerprint density at radius 2 is 2.11 bits per heavy atom. The maximum Gasteiger partial charge on any atom is 0.147 e. The molecule has 6 heteroatoms. The van der Waals surface area contributed by atoms with Crippen molar-refractivity contribution >= 4 is 9.84 Å². The fourth-order valence-electron chi connectivity index (χ4n) is 1.48. The zero-order chi connectivity index (χ0) is 13.8. The second-order valence-corrected chi connectivity index (χ2v) is 6.56. The molecule has 0 fully saturated rings. The summed E-state index contributed by atoms with van der Waals surface area (Å²) in [6, 6.07) is 4.09. The standard InChI is InChI=1S/C12H18FNO3S/c1-9(14)11-5-4-10(8-12(11)13)17-6-3-7-18(2,15)16/h4-5,8-9H,3,6-7,14H2,1-2H3/t9-/m0/s1. The lowest BCUT2D eigenvalue weighted by Crippen LogP contribution is -2.09. The summed E-state index contributed by atoms with van der Waals surface area (Å²) in [5, 5.41) is 0. The average Bonchev–Trinajstić information content (AvgIpc) is 2.22. The van der Waals surface area contributed by atoms with E-state index < -0.39 is 15.7 Å². The molecule has 18 heavy (non-hydrogen) atoms. The molecule has 0 heterocycles. The van der Waals surface area contributed by atoms with E-state index in [1.54, 1.807) is 19.1 Å². The van der Waals surface area contributed by atoms with Gasteiger partial charge in [0.2, 0.25) is 0 Å². The Kier molecular flexibility index (Phi) is 5.10. The third kappa shape index (κ3) is 5.01. The van der Waals surface area contributed by atoms with E-state index in [0.717, 1.165) is 0 Å². The minimum absolute atomic E-state index is 0.0629. The summed E-state index contributed by atoms with van der Waals surface area (Å²) >= 11 is 0. The minimum Gasteiger partial charge on any atom is -0.493 e. The van der Waals surface area contributed by atoms with Crippen molar-refractivity contribution in [2.45, 2.75) is 19.4 Å². The van der Waals surface area contributed by atoms with Crippen molar-refractivity contribution in [3.63, 3.8) is 0 Å². The normalized spacial score (nSPS) is 13.3. The predicted molar refractivity (Wildman–Crippen MR) is 68.8 cm³/mol. The molecule has 0 bridgehead atoms. The summed E-state index contributed by atoms with van der Waals surface area (Å²) in [7, 11) is -2.98. The smallest absolute Gasteiger partial charge is 0.147 e. The molecule has 0 saturated heterocycles. The number of nitrogens with two attached hydrogens (primary N) is 1. The summed E-state index contributed by atoms with van der Waals surface area (Å²) in [6.07, 6.45) is 1.56. The van der Waals surface area contributed by atoms with Gasteiger partial charge < -0.3 is 10.5 Å². The molecule has 0 aromatic heterocycles. The van der Waals surface area contributed by atoms with Crippen LogP contribution in [0.1, 0.15) is 24.9 Å². The van der Waals surface area contributed by atoms with E-state index in [-0.39, 0.29) is 18.4 Å². The Morgan fingerprint density at radius 3 is 2.61 bits per heavy atom. The number of hydrogen-bond acceptors (Lipinski definition) is 4. The van der Waals surface area contributed by atoms with Gasteiger partial charge in [0.25, 0.3) is 0 Å². The minimum atomic E-state index is -2.98. The number of rotatable bonds is 6. The Bertz CT molecular complexity index is 500. The number of sulfone groups is 1. The first-order valence-electron chi connectivity index (χ1n) is 5.65. The van der Waals surface area contributed by atoms with Crippen molar-refractivity contribution in [3.05, 3.63) is 29.6 Å². The van der Waals surface area contributed by atoms with Gasteiger partial charge in [-0.15, -0.1) is 0 Å². The highest BCUT2D eigenvalue weighted by atomic mass is 32.2. The van der Waals surface area contributed by atoms with E-state index in [1.165, 1.54) is 12.3 Å². The molecule has 0 aliphatic rings. The quantitative estimate of drug-likeness (QED) is 0.802. The average molecular weight is 275 g/mol. The van der Waals surface area contributed by atoms with E-state index in [9.17, 15) is 12.8 Å². The number of ether oxygens (including phenoxy) is 1. The number of hydrogen-bond donors (Lipinski definition) is 1. The van der Waals surface area contributed by atoms with Gasteiger partial charge in [0.05, 0.1) is 12.4 Å². The molecule has 102 valence electrons. The van der Waals surface area contributed by atoms with Gasteiger partial charge in [0.1, 0.15) is 21.4 Å². The first-order valence-corrected chi connectivity index (χ1v) is 7.71. The van der Waals surface area contributed by atoms with E-state index in [1.807, 2.05) is 0 Å². The maximum atomic E-state index is 13.5. The molecule has 0 amide bonds. The van der Waals surface area contributed by atoms with Crippen molar-refractivity contribution < 1.29 is 17.5 Å². The van der Waals surface area contributed by atoms with Crippen LogP contribution in [0, 0.1) is 5.82 Å². The maximum absolute atomic E-state index is 13.5. The van der Waals surface area contributed by atoms with Gasteiger partial charge in [-0.25, -0.2) is 12.8 Å². The fourth-order valence-corrected chi connectivity index (χ4v) is 2.12. The molecule has 0 aliphatic heterocycles. The van der Waals surface area contributed by atoms with Crippen molar-refractivity contribution in [1.29, 1.82) is 0 Å². The monoisotopic (exact) mass is 275 g/mol. The van der Waals surface area contributed by atoms with Gasteiger partial charge in [-0.2, -0.15) is 0 Å². The van der Waals surface area contributed by atoms with Crippen LogP contribution >= 0.6 is 0 Å². The molecule has 1 rings (SSSR count). The van der Waals surface area contributed by atoms with Crippen molar-refractivity contribution in [2.75, 3.05) is 18.6 Å². The van der Waals surface area contributed by atoms with Crippen molar-refractivity contribution in [2.24, 2.45) is 5.73 Å². The summed E-state index contributed by atoms with van der Waals surface area (Å²) in [5.74, 6) is 0.0314. The molecule has 0 unspecified atom stereocenters. The van der Waals surface area contributed by atoms with E-state index in [0.29, 0.717) is 17.7 Å². The lowest BCUT2D eigenvalue weighted by molar-refractivity contribution is 0.315. The number of benzene rings is 1. The molecule has 0 radical (unpaired) electrons. The van der Waals surface area contributed by atoms with E-state index in [4.69, 9.17) is 10.5 Å². The summed E-state index contributed by atoms with van der Waals surface area (Å²) in [6.45, 7) is 1.94. The van der Waals surface area contributed by atoms with Crippen LogP contribution < -0.4 is 10.5 Å². The second-order valence-electron chi connectivity index (χ2n) is 4.30. The summed E-state index contributed by atoms with van der Waals surface area (Å²) in [4.78, 5) is 0. The Morgan fingerprint density at radius 1 is 1.44 bits per heavy atom. The molecule has 0 saturated carbocycles. The van der Waals surface area contributed by atoms with Gasteiger partial charge in [0.15, 0.2) is 0 Å². The topological polar surface area (TPSA) is 69.4 Å². The Labute approximate surface area is 107 Å². The van der Waals surface area contributed by atoms with Crippen molar-refractivity contribution in [3.8, 4) is 5.75 Å². The summed E-state index contributed by atoms with van der Waals surface area (Å²) < 4.78 is 40.6. The zero-order valence-corrected chi connectivity index (χ0v) is 11.3. The Balaban J connectivity index is 2.52. The van der Waals surface area contributed by atoms with Crippen LogP contribution in [0.4, 0.5) is 4.39 Å². The van der Waals surface area contributed by atoms with Crippen LogP contribution in [0.2, 0.25) is 0 Å². The molecule has 0 spiro atoms. The molecule has 1 aromatic carbocycles. The number of halogens is 1. The molecule has 1 aromatic rings. The molecular formula is C12H18FNO3S. The van der Waals surface area contributed by atoms with Gasteiger partial charge in [-0.3, -0.25) is 0 Å². The molecule has 2 N–H and O–H groups in total. The van der Waals surface area contributed by atoms with Crippen LogP contribution in [-0.2, 0) is 9.84 Å². The fraction of sp³-hybridized carbons (Fsp3) is 0.500. The first-order chi connectivity index (χ1) is 8.29. The molecule has 4 nitrogen and oxygen atoms in total. The molecule has 1 atom stereocenters. The second kappa shape index (κ2) is 6.15.